The van der Waals surface area contributed by atoms with Gasteiger partial charge in [0.25, 0.3) is 0 Å². The first-order valence-electron chi connectivity index (χ1n) is 12.5. The molecule has 2 aliphatic rings. The molecule has 2 fully saturated rings. The number of rotatable bonds is 7. The van der Waals surface area contributed by atoms with E-state index in [1.54, 1.807) is 12.1 Å². The quantitative estimate of drug-likeness (QED) is 0.471. The molecular weight excluding hydrogens is 500 g/mol. The number of oxazole rings is 1. The van der Waals surface area contributed by atoms with Crippen LogP contribution in [0.5, 0.6) is 0 Å². The topological polar surface area (TPSA) is 84.7 Å². The van der Waals surface area contributed by atoms with E-state index in [9.17, 15) is 8.42 Å². The van der Waals surface area contributed by atoms with Gasteiger partial charge < -0.3 is 14.5 Å². The Morgan fingerprint density at radius 3 is 2.57 bits per heavy atom. The minimum Gasteiger partial charge on any atom is -0.451 e. The van der Waals surface area contributed by atoms with E-state index in [-0.39, 0.29) is 23.7 Å². The zero-order chi connectivity index (χ0) is 26.0. The molecule has 0 saturated carbocycles. The molecule has 2 saturated heterocycles. The number of sulfonamides is 1. The van der Waals surface area contributed by atoms with E-state index in [0.29, 0.717) is 56.7 Å². The SMILES string of the molecule is C[C@H]1CC[C@H](c2ccccc2)S(=O)(=O)N1Cc1cc(F)c(C2(NCc3cocn3)CCOCC2)cc1F. The maximum atomic E-state index is 15.7. The molecule has 0 aliphatic carbocycles. The van der Waals surface area contributed by atoms with Crippen LogP contribution in [0.2, 0.25) is 0 Å². The minimum absolute atomic E-state index is 0.0177. The van der Waals surface area contributed by atoms with Crippen LogP contribution in [-0.4, -0.2) is 37.0 Å². The Balaban J connectivity index is 1.43. The van der Waals surface area contributed by atoms with Gasteiger partial charge in [0.1, 0.15) is 23.1 Å². The molecule has 2 atom stereocenters. The average molecular weight is 532 g/mol. The lowest BCUT2D eigenvalue weighted by atomic mass is 9.81. The Bertz CT molecular complexity index is 1310. The molecule has 1 aromatic heterocycles. The Labute approximate surface area is 215 Å². The fourth-order valence-electron chi connectivity index (χ4n) is 5.44. The van der Waals surface area contributed by atoms with Crippen LogP contribution in [-0.2, 0) is 33.4 Å². The molecule has 3 heterocycles. The molecule has 1 N–H and O–H groups in total. The summed E-state index contributed by atoms with van der Waals surface area (Å²) in [5.74, 6) is -1.21. The number of aromatic nitrogens is 1. The molecule has 2 aromatic carbocycles. The van der Waals surface area contributed by atoms with Crippen LogP contribution < -0.4 is 5.32 Å². The Morgan fingerprint density at radius 2 is 1.86 bits per heavy atom. The lowest BCUT2D eigenvalue weighted by Crippen LogP contribution is -2.47. The minimum atomic E-state index is -3.77. The van der Waals surface area contributed by atoms with Crippen molar-refractivity contribution >= 4 is 10.0 Å². The monoisotopic (exact) mass is 531 g/mol. The molecule has 10 heteroatoms. The van der Waals surface area contributed by atoms with E-state index in [2.05, 4.69) is 10.3 Å². The highest BCUT2D eigenvalue weighted by atomic mass is 32.2. The number of hydrogen-bond donors (Lipinski definition) is 1. The average Bonchev–Trinajstić information content (AvgIpc) is 3.42. The first-order valence-corrected chi connectivity index (χ1v) is 14.0. The van der Waals surface area contributed by atoms with Crippen LogP contribution in [0.15, 0.2) is 59.5 Å². The van der Waals surface area contributed by atoms with E-state index >= 15 is 8.78 Å². The Hall–Kier alpha value is -2.66. The van der Waals surface area contributed by atoms with Crippen molar-refractivity contribution in [1.82, 2.24) is 14.6 Å². The van der Waals surface area contributed by atoms with Crippen LogP contribution in [0, 0.1) is 11.6 Å². The molecule has 0 unspecified atom stereocenters. The van der Waals surface area contributed by atoms with E-state index < -0.39 is 32.4 Å². The van der Waals surface area contributed by atoms with Crippen molar-refractivity contribution in [3.05, 3.63) is 89.1 Å². The van der Waals surface area contributed by atoms with Crippen molar-refractivity contribution in [2.45, 2.75) is 62.5 Å². The molecule has 0 radical (unpaired) electrons. The second-order valence-electron chi connectivity index (χ2n) is 9.87. The van der Waals surface area contributed by atoms with Gasteiger partial charge in [-0.1, -0.05) is 30.3 Å². The Kier molecular flexibility index (Phi) is 7.44. The largest absolute Gasteiger partial charge is 0.451 e. The highest BCUT2D eigenvalue weighted by Crippen LogP contribution is 2.39. The van der Waals surface area contributed by atoms with Crippen molar-refractivity contribution in [2.24, 2.45) is 0 Å². The lowest BCUT2D eigenvalue weighted by molar-refractivity contribution is 0.0341. The molecule has 0 spiro atoms. The van der Waals surface area contributed by atoms with E-state index in [0.717, 1.165) is 6.07 Å². The van der Waals surface area contributed by atoms with Crippen molar-refractivity contribution in [1.29, 1.82) is 0 Å². The van der Waals surface area contributed by atoms with Crippen LogP contribution in [0.4, 0.5) is 8.78 Å². The third-order valence-corrected chi connectivity index (χ3v) is 9.98. The standard InChI is InChI=1S/C27H31F2N3O4S/c1-19-7-8-26(20-5-3-2-4-6-20)37(33,34)32(19)16-21-13-25(29)23(14-24(21)28)27(9-11-35-12-10-27)31-15-22-17-36-18-30-22/h2-6,13-14,17-19,26,31H,7-12,15-16H2,1H3/t19-,26+/m0/s1. The second kappa shape index (κ2) is 10.6. The normalized spacial score (nSPS) is 23.6. The second-order valence-corrected chi connectivity index (χ2v) is 11.9. The van der Waals surface area contributed by atoms with Crippen LogP contribution in [0.3, 0.4) is 0 Å². The van der Waals surface area contributed by atoms with Gasteiger partial charge in [0.2, 0.25) is 10.0 Å². The van der Waals surface area contributed by atoms with Crippen LogP contribution in [0.25, 0.3) is 0 Å². The summed E-state index contributed by atoms with van der Waals surface area (Å²) in [4.78, 5) is 4.10. The predicted molar refractivity (Wildman–Crippen MR) is 134 cm³/mol. The molecule has 2 aliphatic heterocycles. The summed E-state index contributed by atoms with van der Waals surface area (Å²) in [6.45, 7) is 2.71. The molecule has 37 heavy (non-hydrogen) atoms. The maximum absolute atomic E-state index is 15.7. The third-order valence-electron chi connectivity index (χ3n) is 7.61. The van der Waals surface area contributed by atoms with E-state index in [4.69, 9.17) is 9.15 Å². The smallest absolute Gasteiger partial charge is 0.221 e. The third kappa shape index (κ3) is 5.20. The predicted octanol–water partition coefficient (Wildman–Crippen LogP) is 4.80. The highest BCUT2D eigenvalue weighted by molar-refractivity contribution is 7.89. The van der Waals surface area contributed by atoms with Gasteiger partial charge >= 0.3 is 0 Å². The molecular formula is C27H31F2N3O4S. The molecule has 3 aromatic rings. The summed E-state index contributed by atoms with van der Waals surface area (Å²) in [5, 5.41) is 2.65. The number of nitrogens with zero attached hydrogens (tertiary/aromatic N) is 2. The summed E-state index contributed by atoms with van der Waals surface area (Å²) in [6, 6.07) is 11.1. The van der Waals surface area contributed by atoms with Crippen molar-refractivity contribution in [2.75, 3.05) is 13.2 Å². The van der Waals surface area contributed by atoms with Crippen molar-refractivity contribution < 1.29 is 26.4 Å². The number of ether oxygens (including phenoxy) is 1. The van der Waals surface area contributed by atoms with Gasteiger partial charge in [-0.2, -0.15) is 4.31 Å². The first kappa shape index (κ1) is 26.0. The molecule has 5 rings (SSSR count). The summed E-state index contributed by atoms with van der Waals surface area (Å²) in [6.07, 6.45) is 4.86. The number of halogens is 2. The van der Waals surface area contributed by atoms with E-state index in [1.165, 1.54) is 23.0 Å². The first-order chi connectivity index (χ1) is 17.8. The molecule has 0 bridgehead atoms. The van der Waals surface area contributed by atoms with Gasteiger partial charge in [-0.15, -0.1) is 0 Å². The molecule has 0 amide bonds. The highest BCUT2D eigenvalue weighted by Gasteiger charge is 2.41. The van der Waals surface area contributed by atoms with Crippen LogP contribution >= 0.6 is 0 Å². The number of benzene rings is 2. The van der Waals surface area contributed by atoms with Gasteiger partial charge in [-0.05, 0) is 50.3 Å². The van der Waals surface area contributed by atoms with Gasteiger partial charge in [0.15, 0.2) is 6.39 Å². The summed E-state index contributed by atoms with van der Waals surface area (Å²) in [7, 11) is -3.77. The maximum Gasteiger partial charge on any atom is 0.221 e. The van der Waals surface area contributed by atoms with Gasteiger partial charge in [-0.25, -0.2) is 22.2 Å². The summed E-state index contributed by atoms with van der Waals surface area (Å²) in [5.41, 5.74) is 0.742. The van der Waals surface area contributed by atoms with Gasteiger partial charge in [0, 0.05) is 43.5 Å². The summed E-state index contributed by atoms with van der Waals surface area (Å²) < 4.78 is 70.2. The number of hydrogen-bond acceptors (Lipinski definition) is 6. The number of nitrogens with one attached hydrogen (secondary N) is 1. The van der Waals surface area contributed by atoms with Crippen LogP contribution in [0.1, 0.15) is 60.2 Å². The molecule has 7 nitrogen and oxygen atoms in total. The summed E-state index contributed by atoms with van der Waals surface area (Å²) >= 11 is 0. The zero-order valence-corrected chi connectivity index (χ0v) is 21.5. The molecule has 198 valence electrons. The van der Waals surface area contributed by atoms with Crippen molar-refractivity contribution in [3.63, 3.8) is 0 Å². The Morgan fingerprint density at radius 1 is 1.11 bits per heavy atom. The van der Waals surface area contributed by atoms with E-state index in [1.807, 2.05) is 25.1 Å². The fraction of sp³-hybridized carbons (Fsp3) is 0.444. The van der Waals surface area contributed by atoms with Gasteiger partial charge in [0.05, 0.1) is 11.2 Å². The van der Waals surface area contributed by atoms with Gasteiger partial charge in [-0.3, -0.25) is 0 Å². The fourth-order valence-corrected chi connectivity index (χ4v) is 7.63. The zero-order valence-electron chi connectivity index (χ0n) is 20.7. The lowest BCUT2D eigenvalue weighted by Gasteiger charge is -2.39. The van der Waals surface area contributed by atoms with Crippen molar-refractivity contribution in [3.8, 4) is 0 Å².